The second-order valence-electron chi connectivity index (χ2n) is 5.57. The van der Waals surface area contributed by atoms with Gasteiger partial charge in [-0.1, -0.05) is 78.9 Å². The first kappa shape index (κ1) is 15.1. The predicted octanol–water partition coefficient (Wildman–Crippen LogP) is 5.76. The van der Waals surface area contributed by atoms with Crippen LogP contribution in [0.25, 0.3) is 22.7 Å². The van der Waals surface area contributed by atoms with Crippen molar-refractivity contribution >= 4 is 12.1 Å². The number of oxazole rings is 1. The Morgan fingerprint density at radius 3 is 1.88 bits per heavy atom. The highest BCUT2D eigenvalue weighted by atomic mass is 16.4. The second kappa shape index (κ2) is 6.97. The Morgan fingerprint density at radius 1 is 0.680 bits per heavy atom. The Hall–Kier alpha value is -3.46. The van der Waals surface area contributed by atoms with E-state index in [1.807, 2.05) is 91.0 Å². The molecule has 4 rings (SSSR count). The van der Waals surface area contributed by atoms with E-state index in [0.717, 1.165) is 22.4 Å². The first-order valence-corrected chi connectivity index (χ1v) is 8.11. The number of hydrogen-bond acceptors (Lipinski definition) is 3. The van der Waals surface area contributed by atoms with Crippen LogP contribution in [0.5, 0.6) is 0 Å². The molecule has 4 aromatic rings. The Labute approximate surface area is 146 Å². The predicted molar refractivity (Wildman–Crippen MR) is 101 cm³/mol. The fraction of sp³-hybridized carbons (Fsp3) is 0. The SMILES string of the molecule is C(=N\c1oc(-c2ccccc2)nc1-c1ccccc1)/c1ccccc1. The van der Waals surface area contributed by atoms with Crippen LogP contribution in [0.1, 0.15) is 5.56 Å². The summed E-state index contributed by atoms with van der Waals surface area (Å²) in [5, 5.41) is 0. The molecule has 0 unspecified atom stereocenters. The van der Waals surface area contributed by atoms with Crippen LogP contribution in [-0.2, 0) is 0 Å². The van der Waals surface area contributed by atoms with E-state index in [1.54, 1.807) is 6.21 Å². The van der Waals surface area contributed by atoms with Gasteiger partial charge in [-0.05, 0) is 17.7 Å². The molecular formula is C22H16N2O. The van der Waals surface area contributed by atoms with Crippen molar-refractivity contribution in [2.45, 2.75) is 0 Å². The lowest BCUT2D eigenvalue weighted by molar-refractivity contribution is 0.585. The van der Waals surface area contributed by atoms with Crippen LogP contribution in [0.4, 0.5) is 5.88 Å². The average Bonchev–Trinajstić information content (AvgIpc) is 3.13. The summed E-state index contributed by atoms with van der Waals surface area (Å²) in [7, 11) is 0. The summed E-state index contributed by atoms with van der Waals surface area (Å²) in [4.78, 5) is 9.23. The molecule has 0 saturated heterocycles. The average molecular weight is 324 g/mol. The largest absolute Gasteiger partial charge is 0.418 e. The van der Waals surface area contributed by atoms with Crippen molar-refractivity contribution in [1.29, 1.82) is 0 Å². The molecule has 3 aromatic carbocycles. The van der Waals surface area contributed by atoms with Gasteiger partial charge in [-0.3, -0.25) is 0 Å². The molecule has 0 bridgehead atoms. The third kappa shape index (κ3) is 3.40. The first-order valence-electron chi connectivity index (χ1n) is 8.11. The summed E-state index contributed by atoms with van der Waals surface area (Å²) < 4.78 is 5.97. The van der Waals surface area contributed by atoms with Crippen molar-refractivity contribution in [2.75, 3.05) is 0 Å². The normalized spacial score (nSPS) is 11.0. The molecule has 0 amide bonds. The Morgan fingerprint density at radius 2 is 1.24 bits per heavy atom. The number of aliphatic imine (C=N–C) groups is 1. The fourth-order valence-corrected chi connectivity index (χ4v) is 2.56. The second-order valence-corrected chi connectivity index (χ2v) is 5.57. The summed E-state index contributed by atoms with van der Waals surface area (Å²) >= 11 is 0. The lowest BCUT2D eigenvalue weighted by atomic mass is 10.1. The molecule has 0 saturated carbocycles. The molecule has 1 aromatic heterocycles. The van der Waals surface area contributed by atoms with Gasteiger partial charge in [0, 0.05) is 17.3 Å². The minimum Gasteiger partial charge on any atom is -0.418 e. The molecule has 120 valence electrons. The highest BCUT2D eigenvalue weighted by Gasteiger charge is 2.15. The van der Waals surface area contributed by atoms with Crippen LogP contribution in [0.3, 0.4) is 0 Å². The molecule has 3 heteroatoms. The van der Waals surface area contributed by atoms with Gasteiger partial charge in [-0.15, -0.1) is 0 Å². The van der Waals surface area contributed by atoms with Gasteiger partial charge in [-0.2, -0.15) is 0 Å². The van der Waals surface area contributed by atoms with E-state index in [2.05, 4.69) is 9.98 Å². The van der Waals surface area contributed by atoms with Gasteiger partial charge in [0.25, 0.3) is 0 Å². The van der Waals surface area contributed by atoms with Gasteiger partial charge in [0.1, 0.15) is 5.69 Å². The maximum Gasteiger partial charge on any atom is 0.248 e. The quantitative estimate of drug-likeness (QED) is 0.448. The third-order valence-corrected chi connectivity index (χ3v) is 3.81. The third-order valence-electron chi connectivity index (χ3n) is 3.81. The Bertz CT molecular complexity index is 974. The summed E-state index contributed by atoms with van der Waals surface area (Å²) in [6.45, 7) is 0. The number of rotatable bonds is 4. The smallest absolute Gasteiger partial charge is 0.248 e. The van der Waals surface area contributed by atoms with Crippen molar-refractivity contribution in [1.82, 2.24) is 4.98 Å². The van der Waals surface area contributed by atoms with Gasteiger partial charge in [-0.25, -0.2) is 9.98 Å². The molecule has 0 radical (unpaired) electrons. The van der Waals surface area contributed by atoms with Crippen LogP contribution in [0.15, 0.2) is 100 Å². The molecule has 0 atom stereocenters. The molecule has 1 heterocycles. The molecule has 0 aliphatic heterocycles. The topological polar surface area (TPSA) is 38.4 Å². The Kier molecular flexibility index (Phi) is 4.21. The minimum atomic E-state index is 0.508. The summed E-state index contributed by atoms with van der Waals surface area (Å²) in [5.41, 5.74) is 3.67. The fourth-order valence-electron chi connectivity index (χ4n) is 2.56. The van der Waals surface area contributed by atoms with Crippen molar-refractivity contribution in [3.05, 3.63) is 96.6 Å². The van der Waals surface area contributed by atoms with E-state index in [1.165, 1.54) is 0 Å². The van der Waals surface area contributed by atoms with Crippen molar-refractivity contribution < 1.29 is 4.42 Å². The molecule has 25 heavy (non-hydrogen) atoms. The van der Waals surface area contributed by atoms with E-state index in [-0.39, 0.29) is 0 Å². The van der Waals surface area contributed by atoms with E-state index < -0.39 is 0 Å². The summed E-state index contributed by atoms with van der Waals surface area (Å²) in [5.74, 6) is 1.08. The molecule has 0 aliphatic carbocycles. The maximum absolute atomic E-state index is 5.97. The van der Waals surface area contributed by atoms with E-state index in [0.29, 0.717) is 11.8 Å². The van der Waals surface area contributed by atoms with Gasteiger partial charge in [0.05, 0.1) is 0 Å². The number of nitrogens with zero attached hydrogens (tertiary/aromatic N) is 2. The zero-order valence-corrected chi connectivity index (χ0v) is 13.5. The first-order chi connectivity index (χ1) is 12.4. The highest BCUT2D eigenvalue weighted by Crippen LogP contribution is 2.34. The Balaban J connectivity index is 1.78. The van der Waals surface area contributed by atoms with Crippen LogP contribution in [0, 0.1) is 0 Å². The lowest BCUT2D eigenvalue weighted by Crippen LogP contribution is -1.81. The van der Waals surface area contributed by atoms with Crippen molar-refractivity contribution in [3.8, 4) is 22.7 Å². The molecule has 0 aliphatic rings. The molecular weight excluding hydrogens is 308 g/mol. The summed E-state index contributed by atoms with van der Waals surface area (Å²) in [6.07, 6.45) is 1.79. The molecule has 0 N–H and O–H groups in total. The maximum atomic E-state index is 5.97. The van der Waals surface area contributed by atoms with Crippen LogP contribution >= 0.6 is 0 Å². The van der Waals surface area contributed by atoms with E-state index >= 15 is 0 Å². The molecule has 0 fully saturated rings. The molecule has 0 spiro atoms. The van der Waals surface area contributed by atoms with Gasteiger partial charge < -0.3 is 4.42 Å². The summed E-state index contributed by atoms with van der Waals surface area (Å²) in [6, 6.07) is 29.8. The number of hydrogen-bond donors (Lipinski definition) is 0. The van der Waals surface area contributed by atoms with Gasteiger partial charge >= 0.3 is 0 Å². The van der Waals surface area contributed by atoms with Crippen LogP contribution in [0.2, 0.25) is 0 Å². The number of aromatic nitrogens is 1. The van der Waals surface area contributed by atoms with Crippen LogP contribution < -0.4 is 0 Å². The van der Waals surface area contributed by atoms with E-state index in [9.17, 15) is 0 Å². The van der Waals surface area contributed by atoms with Crippen LogP contribution in [-0.4, -0.2) is 11.2 Å². The minimum absolute atomic E-state index is 0.508. The zero-order chi connectivity index (χ0) is 16.9. The van der Waals surface area contributed by atoms with Crippen molar-refractivity contribution in [2.24, 2.45) is 4.99 Å². The number of benzene rings is 3. The standard InChI is InChI=1S/C22H16N2O/c1-4-10-17(11-5-1)16-23-22-20(18-12-6-2-7-13-18)24-21(25-22)19-14-8-3-9-15-19/h1-16H/b23-16+. The molecule has 3 nitrogen and oxygen atoms in total. The lowest BCUT2D eigenvalue weighted by Gasteiger charge is -1.96. The van der Waals surface area contributed by atoms with Crippen molar-refractivity contribution in [3.63, 3.8) is 0 Å². The zero-order valence-electron chi connectivity index (χ0n) is 13.5. The van der Waals surface area contributed by atoms with Gasteiger partial charge in [0.15, 0.2) is 0 Å². The monoisotopic (exact) mass is 324 g/mol. The van der Waals surface area contributed by atoms with Gasteiger partial charge in [0.2, 0.25) is 11.8 Å². The van der Waals surface area contributed by atoms with E-state index in [4.69, 9.17) is 4.42 Å². The highest BCUT2D eigenvalue weighted by molar-refractivity contribution is 5.83.